The lowest BCUT2D eigenvalue weighted by atomic mass is 9.92. The van der Waals surface area contributed by atoms with Gasteiger partial charge in [-0.15, -0.1) is 0 Å². The molecule has 1 fully saturated rings. The van der Waals surface area contributed by atoms with E-state index < -0.39 is 17.9 Å². The van der Waals surface area contributed by atoms with E-state index in [1.807, 2.05) is 25.1 Å². The lowest BCUT2D eigenvalue weighted by Gasteiger charge is -2.39. The third kappa shape index (κ3) is 5.35. The van der Waals surface area contributed by atoms with E-state index in [9.17, 15) is 9.18 Å². The molecule has 0 aromatic heterocycles. The third-order valence-corrected chi connectivity index (χ3v) is 5.26. The van der Waals surface area contributed by atoms with Gasteiger partial charge in [0.05, 0.1) is 18.6 Å². The number of hydrogen-bond acceptors (Lipinski definition) is 3. The maximum Gasteiger partial charge on any atom is 0.305 e. The molecule has 0 saturated carbocycles. The first-order valence-corrected chi connectivity index (χ1v) is 10.2. The van der Waals surface area contributed by atoms with Crippen molar-refractivity contribution in [2.45, 2.75) is 65.5 Å². The Kier molecular flexibility index (Phi) is 6.44. The second-order valence-corrected chi connectivity index (χ2v) is 8.50. The molecule has 3 rings (SSSR count). The Labute approximate surface area is 177 Å². The van der Waals surface area contributed by atoms with Gasteiger partial charge in [-0.1, -0.05) is 35.9 Å². The van der Waals surface area contributed by atoms with Crippen LogP contribution in [0.25, 0.3) is 17.2 Å². The smallest absolute Gasteiger partial charge is 0.305 e. The number of aryl methyl sites for hydroxylation is 3. The summed E-state index contributed by atoms with van der Waals surface area (Å²) in [5, 5.41) is 9.13. The largest absolute Gasteiger partial charge is 0.481 e. The minimum Gasteiger partial charge on any atom is -0.481 e. The molecular formula is C25H29FO4. The van der Waals surface area contributed by atoms with Crippen LogP contribution in [0.5, 0.6) is 0 Å². The van der Waals surface area contributed by atoms with Crippen molar-refractivity contribution in [2.75, 3.05) is 0 Å². The van der Waals surface area contributed by atoms with Crippen molar-refractivity contribution < 1.29 is 23.8 Å². The van der Waals surface area contributed by atoms with Gasteiger partial charge in [0.15, 0.2) is 5.79 Å². The SMILES string of the molecule is Cc1cc(C)c(C=C[C@@H]2C[C@H](CC(=O)O)OC(C)(C)O2)c(-c2ccc(F)c(C)c2)c1. The Hall–Kier alpha value is -2.50. The molecule has 0 aliphatic carbocycles. The van der Waals surface area contributed by atoms with Crippen molar-refractivity contribution in [2.24, 2.45) is 0 Å². The minimum absolute atomic E-state index is 0.0548. The van der Waals surface area contributed by atoms with Gasteiger partial charge in [0.25, 0.3) is 0 Å². The fourth-order valence-corrected chi connectivity index (χ4v) is 4.04. The Bertz CT molecular complexity index is 977. The Morgan fingerprint density at radius 1 is 1.17 bits per heavy atom. The van der Waals surface area contributed by atoms with Gasteiger partial charge >= 0.3 is 5.97 Å². The summed E-state index contributed by atoms with van der Waals surface area (Å²) in [5.41, 5.74) is 5.86. The van der Waals surface area contributed by atoms with Crippen LogP contribution >= 0.6 is 0 Å². The number of carboxylic acid groups (broad SMARTS) is 1. The van der Waals surface area contributed by atoms with Crippen LogP contribution in [0.4, 0.5) is 4.39 Å². The van der Waals surface area contributed by atoms with E-state index in [1.165, 1.54) is 6.07 Å². The van der Waals surface area contributed by atoms with E-state index in [2.05, 4.69) is 19.1 Å². The van der Waals surface area contributed by atoms with Gasteiger partial charge in [-0.2, -0.15) is 0 Å². The lowest BCUT2D eigenvalue weighted by molar-refractivity contribution is -0.290. The number of halogens is 1. The molecule has 0 amide bonds. The highest BCUT2D eigenvalue weighted by Crippen LogP contribution is 2.33. The van der Waals surface area contributed by atoms with E-state index in [0.717, 1.165) is 27.8 Å². The molecule has 1 saturated heterocycles. The maximum atomic E-state index is 13.8. The zero-order valence-corrected chi connectivity index (χ0v) is 18.2. The number of carboxylic acids is 1. The van der Waals surface area contributed by atoms with Crippen molar-refractivity contribution in [1.82, 2.24) is 0 Å². The number of aliphatic carboxylic acids is 1. The van der Waals surface area contributed by atoms with Gasteiger partial charge in [0.2, 0.25) is 0 Å². The van der Waals surface area contributed by atoms with Crippen LogP contribution in [-0.2, 0) is 14.3 Å². The van der Waals surface area contributed by atoms with Gasteiger partial charge in [-0.3, -0.25) is 4.79 Å². The van der Waals surface area contributed by atoms with Crippen LogP contribution in [0.3, 0.4) is 0 Å². The first kappa shape index (κ1) is 22.2. The second-order valence-electron chi connectivity index (χ2n) is 8.50. The monoisotopic (exact) mass is 412 g/mol. The van der Waals surface area contributed by atoms with Crippen LogP contribution in [0.1, 0.15) is 48.9 Å². The molecule has 30 heavy (non-hydrogen) atoms. The Morgan fingerprint density at radius 2 is 1.90 bits per heavy atom. The van der Waals surface area contributed by atoms with Gasteiger partial charge < -0.3 is 14.6 Å². The highest BCUT2D eigenvalue weighted by atomic mass is 19.1. The zero-order valence-electron chi connectivity index (χ0n) is 18.2. The topological polar surface area (TPSA) is 55.8 Å². The van der Waals surface area contributed by atoms with E-state index in [0.29, 0.717) is 12.0 Å². The summed E-state index contributed by atoms with van der Waals surface area (Å²) in [7, 11) is 0. The first-order chi connectivity index (χ1) is 14.0. The van der Waals surface area contributed by atoms with Gasteiger partial charge in [-0.05, 0) is 74.6 Å². The minimum atomic E-state index is -0.885. The molecule has 0 radical (unpaired) electrons. The van der Waals surface area contributed by atoms with Crippen LogP contribution in [0.2, 0.25) is 0 Å². The molecule has 4 nitrogen and oxygen atoms in total. The van der Waals surface area contributed by atoms with Crippen LogP contribution in [0, 0.1) is 26.6 Å². The zero-order chi connectivity index (χ0) is 22.1. The van der Waals surface area contributed by atoms with Crippen molar-refractivity contribution in [1.29, 1.82) is 0 Å². The van der Waals surface area contributed by atoms with Gasteiger partial charge in [0, 0.05) is 6.42 Å². The number of rotatable bonds is 5. The standard InChI is InChI=1S/C25H29FO4/c1-15-10-16(2)21(22(11-15)18-6-9-23(26)17(3)12-18)8-7-19-13-20(14-24(27)28)30-25(4,5)29-19/h6-12,19-20H,13-14H2,1-5H3,(H,27,28)/t19-,20-/m1/s1. The molecule has 1 aliphatic heterocycles. The molecule has 160 valence electrons. The Morgan fingerprint density at radius 3 is 2.57 bits per heavy atom. The number of carbonyl (C=O) groups is 1. The van der Waals surface area contributed by atoms with Crippen molar-refractivity contribution in [3.63, 3.8) is 0 Å². The molecule has 2 aromatic carbocycles. The fourth-order valence-electron chi connectivity index (χ4n) is 4.04. The van der Waals surface area contributed by atoms with Crippen molar-refractivity contribution in [3.05, 3.63) is 64.5 Å². The molecule has 1 heterocycles. The summed E-state index contributed by atoms with van der Waals surface area (Å²) in [6.07, 6.45) is 3.74. The summed E-state index contributed by atoms with van der Waals surface area (Å²) in [6.45, 7) is 9.45. The molecule has 0 bridgehead atoms. The maximum absolute atomic E-state index is 13.8. The van der Waals surface area contributed by atoms with E-state index in [4.69, 9.17) is 14.6 Å². The molecule has 0 spiro atoms. The highest BCUT2D eigenvalue weighted by molar-refractivity contribution is 5.78. The summed E-state index contributed by atoms with van der Waals surface area (Å²) < 4.78 is 25.5. The van der Waals surface area contributed by atoms with E-state index in [1.54, 1.807) is 26.8 Å². The average Bonchev–Trinajstić information content (AvgIpc) is 2.60. The second kappa shape index (κ2) is 8.70. The molecule has 2 aromatic rings. The van der Waals surface area contributed by atoms with Gasteiger partial charge in [0.1, 0.15) is 5.82 Å². The molecular weight excluding hydrogens is 383 g/mol. The van der Waals surface area contributed by atoms with Crippen LogP contribution < -0.4 is 0 Å². The summed E-state index contributed by atoms with van der Waals surface area (Å²) in [6, 6.07) is 9.36. The number of ether oxygens (including phenoxy) is 2. The third-order valence-electron chi connectivity index (χ3n) is 5.26. The van der Waals surface area contributed by atoms with Crippen molar-refractivity contribution in [3.8, 4) is 11.1 Å². The van der Waals surface area contributed by atoms with E-state index >= 15 is 0 Å². The predicted octanol–water partition coefficient (Wildman–Crippen LogP) is 5.82. The lowest BCUT2D eigenvalue weighted by Crippen LogP contribution is -2.44. The first-order valence-electron chi connectivity index (χ1n) is 10.2. The molecule has 1 N–H and O–H groups in total. The fraction of sp³-hybridized carbons (Fsp3) is 0.400. The predicted molar refractivity (Wildman–Crippen MR) is 116 cm³/mol. The quantitative estimate of drug-likeness (QED) is 0.673. The number of benzene rings is 2. The molecule has 2 atom stereocenters. The van der Waals surface area contributed by atoms with Crippen molar-refractivity contribution >= 4 is 12.0 Å². The summed E-state index contributed by atoms with van der Waals surface area (Å²) in [5.74, 6) is -1.96. The van der Waals surface area contributed by atoms with E-state index in [-0.39, 0.29) is 18.3 Å². The molecule has 0 unspecified atom stereocenters. The normalized spacial score (nSPS) is 21.1. The average molecular weight is 413 g/mol. The highest BCUT2D eigenvalue weighted by Gasteiger charge is 2.35. The van der Waals surface area contributed by atoms with Crippen LogP contribution in [0.15, 0.2) is 36.4 Å². The Balaban J connectivity index is 1.94. The number of hydrogen-bond donors (Lipinski definition) is 1. The van der Waals surface area contributed by atoms with Crippen LogP contribution in [-0.4, -0.2) is 29.1 Å². The summed E-state index contributed by atoms with van der Waals surface area (Å²) in [4.78, 5) is 11.1. The molecule has 5 heteroatoms. The summed E-state index contributed by atoms with van der Waals surface area (Å²) >= 11 is 0. The van der Waals surface area contributed by atoms with Gasteiger partial charge in [-0.25, -0.2) is 4.39 Å². The molecule has 1 aliphatic rings.